The molecule has 3 nitrogen and oxygen atoms in total. The Bertz CT molecular complexity index is 485. The molecule has 0 aliphatic rings. The molecule has 2 rings (SSSR count). The molecule has 0 radical (unpaired) electrons. The summed E-state index contributed by atoms with van der Waals surface area (Å²) in [5.41, 5.74) is 2.00. The van der Waals surface area contributed by atoms with E-state index >= 15 is 0 Å². The van der Waals surface area contributed by atoms with Gasteiger partial charge in [-0.2, -0.15) is 0 Å². The summed E-state index contributed by atoms with van der Waals surface area (Å²) in [5, 5.41) is 7.17. The van der Waals surface area contributed by atoms with Gasteiger partial charge in [-0.3, -0.25) is 0 Å². The molecule has 0 aliphatic heterocycles. The van der Waals surface area contributed by atoms with Crippen LogP contribution in [0.3, 0.4) is 0 Å². The minimum absolute atomic E-state index is 0.0318. The topological polar surface area (TPSA) is 37.8 Å². The lowest BCUT2D eigenvalue weighted by molar-refractivity contribution is 0.604. The fourth-order valence-corrected chi connectivity index (χ4v) is 2.39. The molecule has 1 N–H and O–H groups in total. The van der Waals surface area contributed by atoms with Crippen molar-refractivity contribution in [2.24, 2.45) is 0 Å². The van der Waals surface area contributed by atoms with Crippen LogP contribution in [0.25, 0.3) is 0 Å². The predicted octanol–water partition coefficient (Wildman–Crippen LogP) is 2.68. The Hall–Kier alpha value is -1.33. The standard InChI is InChI=1S/C12H14FN3S/c1-3-14-12(11-7-15-16-17-11)10-6-9(13)5-4-8(10)2/h4-7,12,14H,3H2,1-2H3. The molecule has 1 heterocycles. The lowest BCUT2D eigenvalue weighted by atomic mass is 10.00. The summed E-state index contributed by atoms with van der Waals surface area (Å²) >= 11 is 1.33. The highest BCUT2D eigenvalue weighted by molar-refractivity contribution is 7.05. The van der Waals surface area contributed by atoms with Gasteiger partial charge < -0.3 is 5.32 Å². The Kier molecular flexibility index (Phi) is 3.81. The number of aryl methyl sites for hydroxylation is 1. The van der Waals surface area contributed by atoms with Crippen LogP contribution < -0.4 is 5.32 Å². The molecule has 1 atom stereocenters. The molecule has 0 saturated heterocycles. The van der Waals surface area contributed by atoms with Gasteiger partial charge in [-0.25, -0.2) is 4.39 Å². The van der Waals surface area contributed by atoms with Gasteiger partial charge >= 0.3 is 0 Å². The van der Waals surface area contributed by atoms with Crippen molar-refractivity contribution in [3.63, 3.8) is 0 Å². The van der Waals surface area contributed by atoms with E-state index in [1.54, 1.807) is 18.3 Å². The summed E-state index contributed by atoms with van der Waals surface area (Å²) < 4.78 is 17.2. The van der Waals surface area contributed by atoms with Crippen molar-refractivity contribution in [2.45, 2.75) is 19.9 Å². The van der Waals surface area contributed by atoms with Crippen LogP contribution in [0.1, 0.15) is 29.0 Å². The molecule has 1 aromatic carbocycles. The average molecular weight is 251 g/mol. The molecule has 0 spiro atoms. The molecule has 0 bridgehead atoms. The second kappa shape index (κ2) is 5.33. The molecule has 0 amide bonds. The first-order chi connectivity index (χ1) is 8.22. The van der Waals surface area contributed by atoms with Gasteiger partial charge in [-0.1, -0.05) is 17.5 Å². The monoisotopic (exact) mass is 251 g/mol. The Balaban J connectivity index is 2.42. The second-order valence-corrected chi connectivity index (χ2v) is 4.63. The van der Waals surface area contributed by atoms with Gasteiger partial charge in [-0.05, 0) is 48.3 Å². The fourth-order valence-electron chi connectivity index (χ4n) is 1.79. The van der Waals surface area contributed by atoms with Crippen LogP contribution in [0, 0.1) is 12.7 Å². The molecule has 0 fully saturated rings. The number of rotatable bonds is 4. The Labute approximate surface area is 104 Å². The SMILES string of the molecule is CCNC(c1cnns1)c1cc(F)ccc1C. The quantitative estimate of drug-likeness (QED) is 0.908. The summed E-state index contributed by atoms with van der Waals surface area (Å²) in [7, 11) is 0. The zero-order chi connectivity index (χ0) is 12.3. The third kappa shape index (κ3) is 2.68. The van der Waals surface area contributed by atoms with Gasteiger partial charge in [0, 0.05) is 0 Å². The summed E-state index contributed by atoms with van der Waals surface area (Å²) in [6, 6.07) is 4.81. The largest absolute Gasteiger partial charge is 0.306 e. The Morgan fingerprint density at radius 2 is 2.29 bits per heavy atom. The van der Waals surface area contributed by atoms with Crippen molar-refractivity contribution in [1.29, 1.82) is 0 Å². The number of hydrogen-bond acceptors (Lipinski definition) is 4. The van der Waals surface area contributed by atoms with Gasteiger partial charge in [-0.15, -0.1) is 5.10 Å². The first kappa shape index (κ1) is 12.1. The highest BCUT2D eigenvalue weighted by Crippen LogP contribution is 2.26. The summed E-state index contributed by atoms with van der Waals surface area (Å²) in [6.07, 6.45) is 1.72. The van der Waals surface area contributed by atoms with Gasteiger partial charge in [0.05, 0.1) is 17.1 Å². The Morgan fingerprint density at radius 1 is 1.47 bits per heavy atom. The molecule has 0 aliphatic carbocycles. The fraction of sp³-hybridized carbons (Fsp3) is 0.333. The summed E-state index contributed by atoms with van der Waals surface area (Å²) in [6.45, 7) is 4.81. The molecule has 17 heavy (non-hydrogen) atoms. The zero-order valence-corrected chi connectivity index (χ0v) is 10.6. The van der Waals surface area contributed by atoms with E-state index in [-0.39, 0.29) is 11.9 Å². The molecule has 1 unspecified atom stereocenters. The maximum atomic E-state index is 13.3. The van der Waals surface area contributed by atoms with E-state index < -0.39 is 0 Å². The molecule has 2 aromatic rings. The minimum atomic E-state index is -0.217. The third-order valence-corrected chi connectivity index (χ3v) is 3.35. The maximum Gasteiger partial charge on any atom is 0.123 e. The summed E-state index contributed by atoms with van der Waals surface area (Å²) in [5.74, 6) is -0.217. The van der Waals surface area contributed by atoms with Gasteiger partial charge in [0.15, 0.2) is 0 Å². The number of halogens is 1. The van der Waals surface area contributed by atoms with E-state index in [1.807, 2.05) is 13.8 Å². The number of benzene rings is 1. The number of nitrogens with one attached hydrogen (secondary N) is 1. The first-order valence-electron chi connectivity index (χ1n) is 5.49. The Morgan fingerprint density at radius 3 is 2.94 bits per heavy atom. The lowest BCUT2D eigenvalue weighted by Gasteiger charge is -2.18. The van der Waals surface area contributed by atoms with Crippen molar-refractivity contribution in [2.75, 3.05) is 6.54 Å². The van der Waals surface area contributed by atoms with E-state index in [0.29, 0.717) is 0 Å². The molecular weight excluding hydrogens is 237 g/mol. The molecule has 0 saturated carbocycles. The van der Waals surface area contributed by atoms with Crippen molar-refractivity contribution in [3.05, 3.63) is 46.2 Å². The summed E-state index contributed by atoms with van der Waals surface area (Å²) in [4.78, 5) is 1.00. The van der Waals surface area contributed by atoms with Crippen molar-refractivity contribution in [3.8, 4) is 0 Å². The van der Waals surface area contributed by atoms with Crippen LogP contribution in [0.2, 0.25) is 0 Å². The maximum absolute atomic E-state index is 13.3. The normalized spacial score (nSPS) is 12.6. The van der Waals surface area contributed by atoms with Gasteiger partial charge in [0.1, 0.15) is 5.82 Å². The van der Waals surface area contributed by atoms with Crippen LogP contribution >= 0.6 is 11.5 Å². The molecular formula is C12H14FN3S. The average Bonchev–Trinajstić information content (AvgIpc) is 2.83. The minimum Gasteiger partial charge on any atom is -0.306 e. The van der Waals surface area contributed by atoms with E-state index in [4.69, 9.17) is 0 Å². The highest BCUT2D eigenvalue weighted by Gasteiger charge is 2.17. The number of hydrogen-bond donors (Lipinski definition) is 1. The zero-order valence-electron chi connectivity index (χ0n) is 9.77. The highest BCUT2D eigenvalue weighted by atomic mass is 32.1. The first-order valence-corrected chi connectivity index (χ1v) is 6.26. The second-order valence-electron chi connectivity index (χ2n) is 3.81. The van der Waals surface area contributed by atoms with E-state index in [9.17, 15) is 4.39 Å². The smallest absolute Gasteiger partial charge is 0.123 e. The van der Waals surface area contributed by atoms with Gasteiger partial charge in [0.2, 0.25) is 0 Å². The van der Waals surface area contributed by atoms with E-state index in [2.05, 4.69) is 14.9 Å². The van der Waals surface area contributed by atoms with Crippen LogP contribution in [0.4, 0.5) is 4.39 Å². The van der Waals surface area contributed by atoms with Crippen molar-refractivity contribution >= 4 is 11.5 Å². The van der Waals surface area contributed by atoms with E-state index in [0.717, 1.165) is 22.5 Å². The molecule has 5 heteroatoms. The lowest BCUT2D eigenvalue weighted by Crippen LogP contribution is -2.22. The van der Waals surface area contributed by atoms with Crippen molar-refractivity contribution < 1.29 is 4.39 Å². The van der Waals surface area contributed by atoms with Crippen LogP contribution in [-0.4, -0.2) is 16.1 Å². The van der Waals surface area contributed by atoms with E-state index in [1.165, 1.54) is 17.6 Å². The van der Waals surface area contributed by atoms with Crippen LogP contribution in [-0.2, 0) is 0 Å². The van der Waals surface area contributed by atoms with Crippen molar-refractivity contribution in [1.82, 2.24) is 14.9 Å². The molecule has 1 aromatic heterocycles. The van der Waals surface area contributed by atoms with Gasteiger partial charge in [0.25, 0.3) is 0 Å². The molecule has 90 valence electrons. The number of aromatic nitrogens is 2. The number of nitrogens with zero attached hydrogens (tertiary/aromatic N) is 2. The third-order valence-electron chi connectivity index (χ3n) is 2.62. The van der Waals surface area contributed by atoms with Crippen LogP contribution in [0.5, 0.6) is 0 Å². The van der Waals surface area contributed by atoms with Crippen LogP contribution in [0.15, 0.2) is 24.4 Å². The predicted molar refractivity (Wildman–Crippen MR) is 66.6 cm³/mol.